The van der Waals surface area contributed by atoms with E-state index in [0.29, 0.717) is 143 Å². The standard InChI is InChI=1S/C64H88N12O16/c1-8-41-38-76(47-37-49(92-64(85)75-25-23-74(6)24-26-75)57-55(54(41)47)53(40(5)70-57)62(83)86-7)61(82)50-36-43-35-45(16-17-48(43)91-50)72-58(79)42-12-14-44(15-13-42)71-59(80)46(11-10-19-69-63(65)84)73-60(81)56(39(3)4)68-21-20-66-52(78)18-27-87-29-31-89-33-34-90-32-30-88-28-22-67-51(77)9-2/h12-17,35-37,39,41,46,56,68,70H,8-11,18-34,38H2,1-7H3,(H,66,78)(H,67,77)(H,71,80)(H,72,79)(H,73,81)(H3,65,69,84)/t41?,46-,56-/m1/s1. The lowest BCUT2D eigenvalue weighted by Crippen LogP contribution is -2.54. The number of nitrogens with two attached hydrogens (primary N) is 1. The average Bonchev–Trinajstić information content (AvgIpc) is 1.56. The van der Waals surface area contributed by atoms with Crippen LogP contribution in [0.4, 0.5) is 26.7 Å². The Balaban J connectivity index is 0.895. The second-order valence-corrected chi connectivity index (χ2v) is 22.7. The summed E-state index contributed by atoms with van der Waals surface area (Å²) in [4.78, 5) is 127. The molecule has 10 N–H and O–H groups in total. The molecule has 4 heterocycles. The number of nitrogens with zero attached hydrogens (tertiary/aromatic N) is 3. The lowest BCUT2D eigenvalue weighted by Gasteiger charge is -2.31. The SMILES string of the molecule is CCC(=O)NCCOCCOCCOCCOCCC(=O)NCCN[C@@H](C(=O)N[C@H](CCCNC(N)=O)C(=O)Nc1ccc(C(=O)Nc2ccc3oc(C(=O)N4CC(CC)c5c4cc(OC(=O)N4CCN(C)CC4)c4[nH]c(C)c(C(=O)OC)c54)cc3c2)cc1)C(C)C. The molecule has 0 spiro atoms. The largest absolute Gasteiger partial charge is 0.465 e. The number of urea groups is 1. The predicted molar refractivity (Wildman–Crippen MR) is 343 cm³/mol. The number of rotatable bonds is 35. The summed E-state index contributed by atoms with van der Waals surface area (Å²) < 4.78 is 39.3. The van der Waals surface area contributed by atoms with Gasteiger partial charge in [0.25, 0.3) is 11.8 Å². The van der Waals surface area contributed by atoms with Crippen LogP contribution in [-0.4, -0.2) is 206 Å². The minimum absolute atomic E-state index is 0.0152. The molecular formula is C64H88N12O16. The lowest BCUT2D eigenvalue weighted by atomic mass is 9.93. The number of anilines is 3. The zero-order valence-electron chi connectivity index (χ0n) is 53.5. The van der Waals surface area contributed by atoms with Gasteiger partial charge in [0, 0.05) is 117 Å². The van der Waals surface area contributed by atoms with Crippen molar-refractivity contribution < 1.29 is 76.0 Å². The normalized spacial score (nSPS) is 14.6. The Morgan fingerprint density at radius 1 is 0.739 bits per heavy atom. The number of ether oxygens (including phenoxy) is 6. The first kappa shape index (κ1) is 70.8. The number of carbonyl (C=O) groups excluding carboxylic acids is 9. The van der Waals surface area contributed by atoms with Gasteiger partial charge in [-0.2, -0.15) is 0 Å². The lowest BCUT2D eigenvalue weighted by molar-refractivity contribution is -0.128. The molecule has 2 aliphatic heterocycles. The number of H-pyrrole nitrogens is 1. The van der Waals surface area contributed by atoms with Crippen molar-refractivity contribution in [1.29, 1.82) is 0 Å². The molecule has 2 aromatic heterocycles. The number of fused-ring (bicyclic) bond motifs is 4. The Morgan fingerprint density at radius 3 is 2.05 bits per heavy atom. The van der Waals surface area contributed by atoms with Crippen molar-refractivity contribution in [2.45, 2.75) is 84.7 Å². The van der Waals surface area contributed by atoms with Gasteiger partial charge < -0.3 is 95.5 Å². The summed E-state index contributed by atoms with van der Waals surface area (Å²) in [6.07, 6.45) is 1.05. The fourth-order valence-electron chi connectivity index (χ4n) is 10.6. The number of likely N-dealkylation sites (N-methyl/N-ethyl adjacent to an activating group) is 1. The van der Waals surface area contributed by atoms with E-state index in [-0.39, 0.29) is 91.9 Å². The Morgan fingerprint density at radius 2 is 1.40 bits per heavy atom. The number of aryl methyl sites for hydroxylation is 1. The van der Waals surface area contributed by atoms with Crippen LogP contribution >= 0.6 is 0 Å². The fraction of sp³-hybridized carbons (Fsp3) is 0.516. The summed E-state index contributed by atoms with van der Waals surface area (Å²) in [5.74, 6) is -3.03. The van der Waals surface area contributed by atoms with Crippen LogP contribution in [0.15, 0.2) is 59.0 Å². The van der Waals surface area contributed by atoms with Crippen molar-refractivity contribution in [1.82, 2.24) is 41.4 Å². The molecule has 0 bridgehead atoms. The molecule has 1 fully saturated rings. The van der Waals surface area contributed by atoms with Gasteiger partial charge in [0.05, 0.1) is 82.8 Å². The third-order valence-corrected chi connectivity index (χ3v) is 15.7. The quantitative estimate of drug-likeness (QED) is 0.0195. The summed E-state index contributed by atoms with van der Waals surface area (Å²) in [6, 6.07) is 11.8. The Kier molecular flexibility index (Phi) is 27.1. The second kappa shape index (κ2) is 35.2. The average molecular weight is 1280 g/mol. The Labute approximate surface area is 534 Å². The molecule has 92 heavy (non-hydrogen) atoms. The van der Waals surface area contributed by atoms with E-state index in [2.05, 4.69) is 47.1 Å². The van der Waals surface area contributed by atoms with E-state index < -0.39 is 53.8 Å². The molecule has 3 atom stereocenters. The number of hydrogen-bond acceptors (Lipinski definition) is 18. The minimum atomic E-state index is -1.05. The summed E-state index contributed by atoms with van der Waals surface area (Å²) in [6.45, 7) is 15.6. The van der Waals surface area contributed by atoms with Crippen molar-refractivity contribution in [3.05, 3.63) is 82.7 Å². The molecule has 5 aromatic rings. The van der Waals surface area contributed by atoms with Crippen LogP contribution in [-0.2, 0) is 42.9 Å². The highest BCUT2D eigenvalue weighted by Gasteiger charge is 2.39. The predicted octanol–water partition coefficient (Wildman–Crippen LogP) is 4.75. The first-order chi connectivity index (χ1) is 44.3. The molecule has 0 radical (unpaired) electrons. The highest BCUT2D eigenvalue weighted by Crippen LogP contribution is 2.49. The summed E-state index contributed by atoms with van der Waals surface area (Å²) in [5.41, 5.74) is 9.09. The van der Waals surface area contributed by atoms with Gasteiger partial charge in [-0.3, -0.25) is 28.8 Å². The third-order valence-electron chi connectivity index (χ3n) is 15.7. The maximum absolute atomic E-state index is 14.6. The second-order valence-electron chi connectivity index (χ2n) is 22.7. The van der Waals surface area contributed by atoms with Crippen LogP contribution < -0.4 is 52.6 Å². The molecule has 3 aromatic carbocycles. The molecule has 2 aliphatic rings. The van der Waals surface area contributed by atoms with Gasteiger partial charge in [0.2, 0.25) is 23.6 Å². The number of aromatic nitrogens is 1. The van der Waals surface area contributed by atoms with Gasteiger partial charge >= 0.3 is 18.1 Å². The molecule has 1 unspecified atom stereocenters. The zero-order chi connectivity index (χ0) is 66.3. The number of hydrogen-bond donors (Lipinski definition) is 9. The van der Waals surface area contributed by atoms with E-state index in [0.717, 1.165) is 5.56 Å². The maximum atomic E-state index is 14.6. The summed E-state index contributed by atoms with van der Waals surface area (Å²) in [5, 5.41) is 20.8. The van der Waals surface area contributed by atoms with E-state index in [1.165, 1.54) is 19.2 Å². The van der Waals surface area contributed by atoms with Crippen molar-refractivity contribution >= 4 is 92.5 Å². The smallest absolute Gasteiger partial charge is 0.415 e. The van der Waals surface area contributed by atoms with Gasteiger partial charge in [-0.15, -0.1) is 0 Å². The molecule has 28 nitrogen and oxygen atoms in total. The third kappa shape index (κ3) is 19.9. The van der Waals surface area contributed by atoms with Crippen LogP contribution in [0.5, 0.6) is 5.75 Å². The highest BCUT2D eigenvalue weighted by molar-refractivity contribution is 6.15. The molecule has 0 aliphatic carbocycles. The van der Waals surface area contributed by atoms with E-state index in [1.54, 1.807) is 66.1 Å². The highest BCUT2D eigenvalue weighted by atomic mass is 16.6. The van der Waals surface area contributed by atoms with Crippen LogP contribution in [0.25, 0.3) is 21.9 Å². The van der Waals surface area contributed by atoms with Gasteiger partial charge in [-0.1, -0.05) is 27.7 Å². The van der Waals surface area contributed by atoms with Crippen LogP contribution in [0, 0.1) is 12.8 Å². The minimum Gasteiger partial charge on any atom is -0.465 e. The topological polar surface area (TPSA) is 358 Å². The van der Waals surface area contributed by atoms with Gasteiger partial charge in [-0.05, 0) is 93.2 Å². The molecule has 0 saturated carbocycles. The number of primary amides is 1. The van der Waals surface area contributed by atoms with E-state index in [1.807, 2.05) is 27.8 Å². The first-order valence-corrected chi connectivity index (χ1v) is 31.2. The monoisotopic (exact) mass is 1280 g/mol. The van der Waals surface area contributed by atoms with E-state index in [9.17, 15) is 43.2 Å². The van der Waals surface area contributed by atoms with Crippen molar-refractivity contribution in [3.8, 4) is 5.75 Å². The zero-order valence-corrected chi connectivity index (χ0v) is 53.5. The molecular weight excluding hydrogens is 1190 g/mol. The van der Waals surface area contributed by atoms with Gasteiger partial charge in [-0.25, -0.2) is 14.4 Å². The Hall–Kier alpha value is -8.67. The summed E-state index contributed by atoms with van der Waals surface area (Å²) in [7, 11) is 3.28. The van der Waals surface area contributed by atoms with E-state index in [4.69, 9.17) is 38.6 Å². The molecule has 9 amide bonds. The number of nitrogens with one attached hydrogen (secondary N) is 8. The van der Waals surface area contributed by atoms with Gasteiger partial charge in [0.1, 0.15) is 11.6 Å². The number of amides is 9. The molecule has 7 rings (SSSR count). The number of esters is 1. The number of aromatic amines is 1. The number of piperazine rings is 1. The number of carbonyl (C=O) groups is 9. The Bertz CT molecular complexity index is 3360. The molecule has 1 saturated heterocycles. The maximum Gasteiger partial charge on any atom is 0.415 e. The first-order valence-electron chi connectivity index (χ1n) is 31.2. The molecule has 500 valence electrons. The number of furan rings is 1. The fourth-order valence-corrected chi connectivity index (χ4v) is 10.6. The van der Waals surface area contributed by atoms with E-state index >= 15 is 0 Å². The van der Waals surface area contributed by atoms with Crippen LogP contribution in [0.3, 0.4) is 0 Å². The molecule has 28 heteroatoms. The van der Waals surface area contributed by atoms with Crippen molar-refractivity contribution in [3.63, 3.8) is 0 Å². The van der Waals surface area contributed by atoms with Gasteiger partial charge in [0.15, 0.2) is 11.5 Å². The summed E-state index contributed by atoms with van der Waals surface area (Å²) >= 11 is 0. The van der Waals surface area contributed by atoms with Crippen molar-refractivity contribution in [2.24, 2.45) is 11.7 Å². The van der Waals surface area contributed by atoms with Crippen molar-refractivity contribution in [2.75, 3.05) is 141 Å². The van der Waals surface area contributed by atoms with Crippen LogP contribution in [0.1, 0.15) is 108 Å². The number of benzene rings is 3. The number of methoxy groups -OCH3 is 1. The van der Waals surface area contributed by atoms with Crippen LogP contribution in [0.2, 0.25) is 0 Å².